The van der Waals surface area contributed by atoms with Crippen molar-refractivity contribution in [1.29, 1.82) is 0 Å². The van der Waals surface area contributed by atoms with Crippen LogP contribution in [0.5, 0.6) is 0 Å². The molecule has 178 valence electrons. The number of hydrogen-bond donors (Lipinski definition) is 1. The molecule has 7 nitrogen and oxygen atoms in total. The van der Waals surface area contributed by atoms with E-state index in [9.17, 15) is 18.0 Å². The molecule has 1 saturated heterocycles. The van der Waals surface area contributed by atoms with E-state index < -0.39 is 10.0 Å². The predicted octanol–water partition coefficient (Wildman–Crippen LogP) is 3.54. The summed E-state index contributed by atoms with van der Waals surface area (Å²) in [6.07, 6.45) is 1.88. The molecular formula is C24H30ClN3O4S. The Bertz CT molecular complexity index is 1070. The highest BCUT2D eigenvalue weighted by Crippen LogP contribution is 2.24. The second-order valence-corrected chi connectivity index (χ2v) is 10.7. The molecule has 33 heavy (non-hydrogen) atoms. The molecular weight excluding hydrogens is 462 g/mol. The topological polar surface area (TPSA) is 86.8 Å². The highest BCUT2D eigenvalue weighted by molar-refractivity contribution is 7.89. The van der Waals surface area contributed by atoms with Crippen molar-refractivity contribution >= 4 is 33.4 Å². The van der Waals surface area contributed by atoms with Crippen molar-refractivity contribution in [3.8, 4) is 0 Å². The van der Waals surface area contributed by atoms with Crippen molar-refractivity contribution in [2.45, 2.75) is 38.1 Å². The number of sulfonamides is 1. The minimum absolute atomic E-state index is 0.0887. The molecule has 0 bridgehead atoms. The van der Waals surface area contributed by atoms with Gasteiger partial charge in [-0.3, -0.25) is 9.59 Å². The number of likely N-dealkylation sites (N-methyl/N-ethyl adjacent to an activating group) is 1. The zero-order chi connectivity index (χ0) is 24.0. The highest BCUT2D eigenvalue weighted by Gasteiger charge is 2.29. The summed E-state index contributed by atoms with van der Waals surface area (Å²) in [5.41, 5.74) is 1.25. The fourth-order valence-electron chi connectivity index (χ4n) is 3.83. The molecule has 1 N–H and O–H groups in total. The van der Waals surface area contributed by atoms with E-state index >= 15 is 0 Å². The molecule has 2 aromatic rings. The van der Waals surface area contributed by atoms with Crippen LogP contribution in [0, 0.1) is 5.92 Å². The Labute approximate surface area is 200 Å². The van der Waals surface area contributed by atoms with Crippen molar-refractivity contribution in [3.63, 3.8) is 0 Å². The number of benzene rings is 2. The summed E-state index contributed by atoms with van der Waals surface area (Å²) < 4.78 is 27.4. The Morgan fingerprint density at radius 3 is 2.39 bits per heavy atom. The lowest BCUT2D eigenvalue weighted by molar-refractivity contribution is -0.121. The van der Waals surface area contributed by atoms with Gasteiger partial charge < -0.3 is 10.2 Å². The lowest BCUT2D eigenvalue weighted by Crippen LogP contribution is -2.40. The van der Waals surface area contributed by atoms with Gasteiger partial charge in [0.25, 0.3) is 5.91 Å². The Morgan fingerprint density at radius 1 is 1.12 bits per heavy atom. The molecule has 2 amide bonds. The Hall–Kier alpha value is -2.42. The molecule has 3 rings (SSSR count). The van der Waals surface area contributed by atoms with Gasteiger partial charge in [-0.15, -0.1) is 0 Å². The molecule has 1 heterocycles. The SMILES string of the molecule is CCN(CC(=O)NCc1ccc(Cl)cc1)C(=O)c1ccc(S(=O)(=O)N2CCC[C@H](C)C2)cc1. The van der Waals surface area contributed by atoms with E-state index in [1.165, 1.54) is 33.5 Å². The Balaban J connectivity index is 1.61. The highest BCUT2D eigenvalue weighted by atomic mass is 35.5. The number of carbonyl (C=O) groups is 2. The van der Waals surface area contributed by atoms with Crippen molar-refractivity contribution in [3.05, 3.63) is 64.7 Å². The molecule has 0 aromatic heterocycles. The van der Waals surface area contributed by atoms with Crippen LogP contribution in [0.2, 0.25) is 5.02 Å². The fourth-order valence-corrected chi connectivity index (χ4v) is 5.55. The molecule has 1 atom stereocenters. The number of halogens is 1. The number of piperidine rings is 1. The van der Waals surface area contributed by atoms with E-state index in [0.29, 0.717) is 42.7 Å². The van der Waals surface area contributed by atoms with E-state index in [4.69, 9.17) is 11.6 Å². The van der Waals surface area contributed by atoms with E-state index in [-0.39, 0.29) is 23.3 Å². The normalized spacial score (nSPS) is 16.9. The first kappa shape index (κ1) is 25.2. The van der Waals surface area contributed by atoms with Gasteiger partial charge in [-0.1, -0.05) is 30.7 Å². The minimum Gasteiger partial charge on any atom is -0.350 e. The molecule has 1 aliphatic heterocycles. The van der Waals surface area contributed by atoms with Gasteiger partial charge in [-0.2, -0.15) is 4.31 Å². The molecule has 1 aliphatic rings. The smallest absolute Gasteiger partial charge is 0.254 e. The standard InChI is InChI=1S/C24H30ClN3O4S/c1-3-27(17-23(29)26-15-19-6-10-21(25)11-7-19)24(30)20-8-12-22(13-9-20)33(31,32)28-14-4-5-18(2)16-28/h6-13,18H,3-5,14-17H2,1-2H3,(H,26,29)/t18-/m0/s1. The molecule has 9 heteroatoms. The summed E-state index contributed by atoms with van der Waals surface area (Å²) >= 11 is 5.87. The van der Waals surface area contributed by atoms with Crippen LogP contribution in [0.3, 0.4) is 0 Å². The van der Waals surface area contributed by atoms with Gasteiger partial charge in [0, 0.05) is 36.8 Å². The van der Waals surface area contributed by atoms with Gasteiger partial charge in [0.1, 0.15) is 0 Å². The van der Waals surface area contributed by atoms with Gasteiger partial charge in [0.2, 0.25) is 15.9 Å². The summed E-state index contributed by atoms with van der Waals surface area (Å²) in [7, 11) is -3.58. The lowest BCUT2D eigenvalue weighted by Gasteiger charge is -2.30. The molecule has 2 aromatic carbocycles. The summed E-state index contributed by atoms with van der Waals surface area (Å²) in [5.74, 6) is -0.272. The number of hydrogen-bond acceptors (Lipinski definition) is 4. The van der Waals surface area contributed by atoms with Crippen LogP contribution in [0.4, 0.5) is 0 Å². The van der Waals surface area contributed by atoms with Gasteiger partial charge in [-0.05, 0) is 67.6 Å². The third kappa shape index (κ3) is 6.56. The molecule has 0 saturated carbocycles. The van der Waals surface area contributed by atoms with E-state index in [2.05, 4.69) is 5.32 Å². The van der Waals surface area contributed by atoms with Crippen LogP contribution < -0.4 is 5.32 Å². The quantitative estimate of drug-likeness (QED) is 0.612. The van der Waals surface area contributed by atoms with Gasteiger partial charge >= 0.3 is 0 Å². The number of carbonyl (C=O) groups excluding carboxylic acids is 2. The van der Waals surface area contributed by atoms with E-state index in [1.807, 2.05) is 19.1 Å². The predicted molar refractivity (Wildman–Crippen MR) is 128 cm³/mol. The lowest BCUT2D eigenvalue weighted by atomic mass is 10.0. The molecule has 1 fully saturated rings. The van der Waals surface area contributed by atoms with Gasteiger partial charge in [0.05, 0.1) is 11.4 Å². The molecule has 0 radical (unpaired) electrons. The van der Waals surface area contributed by atoms with E-state index in [1.54, 1.807) is 19.1 Å². The van der Waals surface area contributed by atoms with Crippen molar-refractivity contribution in [1.82, 2.24) is 14.5 Å². The Morgan fingerprint density at radius 2 is 1.79 bits per heavy atom. The van der Waals surface area contributed by atoms with Crippen LogP contribution in [0.1, 0.15) is 42.6 Å². The number of rotatable bonds is 8. The first-order chi connectivity index (χ1) is 15.7. The third-order valence-corrected chi connectivity index (χ3v) is 7.90. The molecule has 0 unspecified atom stereocenters. The van der Waals surface area contributed by atoms with E-state index in [0.717, 1.165) is 18.4 Å². The van der Waals surface area contributed by atoms with Crippen LogP contribution in [0.25, 0.3) is 0 Å². The van der Waals surface area contributed by atoms with Gasteiger partial charge in [-0.25, -0.2) is 8.42 Å². The maximum atomic E-state index is 12.9. The second-order valence-electron chi connectivity index (χ2n) is 8.36. The minimum atomic E-state index is -3.58. The van der Waals surface area contributed by atoms with Crippen LogP contribution in [-0.2, 0) is 21.4 Å². The second kappa shape index (κ2) is 11.1. The average Bonchev–Trinajstić information content (AvgIpc) is 2.82. The summed E-state index contributed by atoms with van der Waals surface area (Å²) in [6, 6.07) is 13.1. The zero-order valence-electron chi connectivity index (χ0n) is 19.0. The monoisotopic (exact) mass is 491 g/mol. The maximum absolute atomic E-state index is 12.9. The van der Waals surface area contributed by atoms with Crippen molar-refractivity contribution in [2.24, 2.45) is 5.92 Å². The summed E-state index contributed by atoms with van der Waals surface area (Å²) in [6.45, 7) is 5.46. The van der Waals surface area contributed by atoms with Crippen LogP contribution in [0.15, 0.2) is 53.4 Å². The average molecular weight is 492 g/mol. The van der Waals surface area contributed by atoms with Gasteiger partial charge in [0.15, 0.2) is 0 Å². The van der Waals surface area contributed by atoms with Crippen molar-refractivity contribution in [2.75, 3.05) is 26.2 Å². The first-order valence-electron chi connectivity index (χ1n) is 11.1. The third-order valence-electron chi connectivity index (χ3n) is 5.77. The first-order valence-corrected chi connectivity index (χ1v) is 12.9. The molecule has 0 spiro atoms. The number of nitrogens with zero attached hydrogens (tertiary/aromatic N) is 2. The molecule has 0 aliphatic carbocycles. The van der Waals surface area contributed by atoms with Crippen LogP contribution in [-0.4, -0.2) is 55.6 Å². The fraction of sp³-hybridized carbons (Fsp3) is 0.417. The summed E-state index contributed by atoms with van der Waals surface area (Å²) in [4.78, 5) is 26.9. The maximum Gasteiger partial charge on any atom is 0.254 e. The van der Waals surface area contributed by atoms with Crippen LogP contribution >= 0.6 is 11.6 Å². The number of nitrogens with one attached hydrogen (secondary N) is 1. The Kier molecular flexibility index (Phi) is 8.51. The number of amides is 2. The largest absolute Gasteiger partial charge is 0.350 e. The summed E-state index contributed by atoms with van der Waals surface area (Å²) in [5, 5.41) is 3.42. The zero-order valence-corrected chi connectivity index (χ0v) is 20.5. The van der Waals surface area contributed by atoms with Crippen molar-refractivity contribution < 1.29 is 18.0 Å².